The highest BCUT2D eigenvalue weighted by atomic mass is 127. The van der Waals surface area contributed by atoms with E-state index in [1.165, 1.54) is 13.2 Å². The van der Waals surface area contributed by atoms with E-state index >= 15 is 0 Å². The van der Waals surface area contributed by atoms with Crippen molar-refractivity contribution < 1.29 is 29.3 Å². The molecule has 1 aliphatic heterocycles. The molecule has 2 rings (SSSR count). The molecular weight excluding hydrogens is 451 g/mol. The number of halogens is 1. The number of aromatic hydroxyl groups is 1. The number of phenols is 1. The molecule has 1 heterocycles. The molecule has 2 N–H and O–H groups in total. The van der Waals surface area contributed by atoms with Crippen molar-refractivity contribution in [2.45, 2.75) is 38.4 Å². The van der Waals surface area contributed by atoms with E-state index in [9.17, 15) is 19.8 Å². The second-order valence-corrected chi connectivity index (χ2v) is 7.14. The van der Waals surface area contributed by atoms with Crippen molar-refractivity contribution in [3.8, 4) is 11.5 Å². The number of carbonyl (C=O) groups is 2. The number of Topliss-reactive ketones (excluding diaryl/α,β-unsaturated/α-hetero) is 1. The molecule has 0 bridgehead atoms. The number of allylic oxidation sites excluding steroid dienone is 1. The number of aliphatic hydroxyl groups excluding tert-OH is 1. The Hall–Kier alpha value is -1.87. The molecule has 0 fully saturated rings. The van der Waals surface area contributed by atoms with E-state index in [-0.39, 0.29) is 23.5 Å². The van der Waals surface area contributed by atoms with Gasteiger partial charge in [-0.3, -0.25) is 4.79 Å². The van der Waals surface area contributed by atoms with Gasteiger partial charge in [-0.25, -0.2) is 4.79 Å². The topological polar surface area (TPSA) is 93.1 Å². The Bertz CT molecular complexity index is 753. The Labute approximate surface area is 165 Å². The highest BCUT2D eigenvalue weighted by Gasteiger charge is 2.22. The smallest absolute Gasteiger partial charge is 0.342 e. The Morgan fingerprint density at radius 2 is 2.04 bits per heavy atom. The largest absolute Gasteiger partial charge is 0.507 e. The van der Waals surface area contributed by atoms with Gasteiger partial charge in [-0.05, 0) is 54.0 Å². The van der Waals surface area contributed by atoms with E-state index in [0.717, 1.165) is 0 Å². The minimum absolute atomic E-state index is 0.0567. The predicted octanol–water partition coefficient (Wildman–Crippen LogP) is 3.39. The molecule has 7 heteroatoms. The summed E-state index contributed by atoms with van der Waals surface area (Å²) >= 11 is 1.88. The van der Waals surface area contributed by atoms with Crippen LogP contribution in [0.25, 0.3) is 6.08 Å². The zero-order valence-electron chi connectivity index (χ0n) is 14.6. The fourth-order valence-electron chi connectivity index (χ4n) is 2.51. The first-order chi connectivity index (χ1) is 12.3. The molecule has 0 aliphatic carbocycles. The molecule has 0 saturated heterocycles. The lowest BCUT2D eigenvalue weighted by Gasteiger charge is -2.16. The van der Waals surface area contributed by atoms with Crippen LogP contribution in [0.4, 0.5) is 0 Å². The summed E-state index contributed by atoms with van der Waals surface area (Å²) in [5, 5.41) is 20.2. The Morgan fingerprint density at radius 3 is 2.73 bits per heavy atom. The maximum atomic E-state index is 12.5. The molecule has 140 valence electrons. The number of benzene rings is 1. The van der Waals surface area contributed by atoms with Gasteiger partial charge >= 0.3 is 5.97 Å². The van der Waals surface area contributed by atoms with Gasteiger partial charge in [0.1, 0.15) is 29.3 Å². The minimum Gasteiger partial charge on any atom is -0.507 e. The highest BCUT2D eigenvalue weighted by molar-refractivity contribution is 14.1. The van der Waals surface area contributed by atoms with Crippen LogP contribution in [0.15, 0.2) is 27.9 Å². The molecule has 6 nitrogen and oxygen atoms in total. The molecule has 0 amide bonds. The quantitative estimate of drug-likeness (QED) is 0.481. The van der Waals surface area contributed by atoms with Gasteiger partial charge in [-0.2, -0.15) is 0 Å². The molecule has 1 aromatic carbocycles. The summed E-state index contributed by atoms with van der Waals surface area (Å²) in [6, 6.07) is 2.97. The maximum absolute atomic E-state index is 12.5. The zero-order valence-corrected chi connectivity index (χ0v) is 16.7. The van der Waals surface area contributed by atoms with E-state index in [1.807, 2.05) is 22.6 Å². The number of hydrogen-bond donors (Lipinski definition) is 2. The zero-order chi connectivity index (χ0) is 19.3. The van der Waals surface area contributed by atoms with Crippen LogP contribution in [0, 0.1) is 0 Å². The van der Waals surface area contributed by atoms with Crippen molar-refractivity contribution in [2.75, 3.05) is 7.11 Å². The fourth-order valence-corrected chi connectivity index (χ4v) is 3.12. The molecule has 26 heavy (non-hydrogen) atoms. The lowest BCUT2D eigenvalue weighted by Crippen LogP contribution is -2.21. The molecule has 0 aromatic heterocycles. The van der Waals surface area contributed by atoms with Gasteiger partial charge < -0.3 is 19.7 Å². The normalized spacial score (nSPS) is 25.3. The van der Waals surface area contributed by atoms with Gasteiger partial charge in [-0.15, -0.1) is 0 Å². The van der Waals surface area contributed by atoms with Crippen LogP contribution >= 0.6 is 22.6 Å². The SMILES string of the molecule is COc1cc(O)c2c(c1)/C=C/CC[C@@H](O)C(=O)/C(I)=C\C[C@H](C)OC2=O. The van der Waals surface area contributed by atoms with Gasteiger partial charge in [0.15, 0.2) is 5.78 Å². The number of aliphatic hydroxyl groups is 1. The summed E-state index contributed by atoms with van der Waals surface area (Å²) in [7, 11) is 1.46. The van der Waals surface area contributed by atoms with Crippen molar-refractivity contribution in [3.05, 3.63) is 39.0 Å². The van der Waals surface area contributed by atoms with Crippen molar-refractivity contribution in [1.29, 1.82) is 0 Å². The number of cyclic esters (lactones) is 1. The molecule has 1 aromatic rings. The third-order valence-corrected chi connectivity index (χ3v) is 4.91. The second kappa shape index (κ2) is 9.18. The number of carbonyl (C=O) groups excluding carboxylic acids is 2. The van der Waals surface area contributed by atoms with Gasteiger partial charge in [0.05, 0.1) is 10.7 Å². The first-order valence-corrected chi connectivity index (χ1v) is 9.27. The second-order valence-electron chi connectivity index (χ2n) is 5.97. The summed E-state index contributed by atoms with van der Waals surface area (Å²) in [6.45, 7) is 1.70. The van der Waals surface area contributed by atoms with Crippen LogP contribution < -0.4 is 4.74 Å². The van der Waals surface area contributed by atoms with Crippen LogP contribution in [-0.4, -0.2) is 41.3 Å². The summed E-state index contributed by atoms with van der Waals surface area (Å²) in [4.78, 5) is 24.6. The number of hydrogen-bond acceptors (Lipinski definition) is 6. The lowest BCUT2D eigenvalue weighted by molar-refractivity contribution is -0.122. The van der Waals surface area contributed by atoms with Crippen LogP contribution in [-0.2, 0) is 9.53 Å². The first-order valence-electron chi connectivity index (χ1n) is 8.20. The van der Waals surface area contributed by atoms with E-state index in [4.69, 9.17) is 9.47 Å². The molecule has 2 atom stereocenters. The number of rotatable bonds is 1. The molecular formula is C19H21IO6. The number of phenolic OH excluding ortho intramolecular Hbond substituents is 1. The summed E-state index contributed by atoms with van der Waals surface area (Å²) in [5.41, 5.74) is 0.503. The van der Waals surface area contributed by atoms with E-state index in [0.29, 0.717) is 27.7 Å². The maximum Gasteiger partial charge on any atom is 0.342 e. The number of ether oxygens (including phenoxy) is 2. The van der Waals surface area contributed by atoms with Gasteiger partial charge in [0.2, 0.25) is 0 Å². The molecule has 0 unspecified atom stereocenters. The van der Waals surface area contributed by atoms with Crippen molar-refractivity contribution in [3.63, 3.8) is 0 Å². The average Bonchev–Trinajstić information content (AvgIpc) is 2.60. The van der Waals surface area contributed by atoms with E-state index < -0.39 is 18.2 Å². The minimum atomic E-state index is -1.08. The highest BCUT2D eigenvalue weighted by Crippen LogP contribution is 2.30. The van der Waals surface area contributed by atoms with Crippen molar-refractivity contribution in [1.82, 2.24) is 0 Å². The van der Waals surface area contributed by atoms with Crippen LogP contribution in [0.5, 0.6) is 11.5 Å². The van der Waals surface area contributed by atoms with E-state index in [1.54, 1.807) is 31.2 Å². The van der Waals surface area contributed by atoms with E-state index in [2.05, 4.69) is 0 Å². The van der Waals surface area contributed by atoms with Crippen LogP contribution in [0.2, 0.25) is 0 Å². The van der Waals surface area contributed by atoms with Gasteiger partial charge in [-0.1, -0.05) is 18.2 Å². The average molecular weight is 472 g/mol. The van der Waals surface area contributed by atoms with Crippen molar-refractivity contribution >= 4 is 40.4 Å². The number of fused-ring (bicyclic) bond motifs is 1. The number of esters is 1. The summed E-state index contributed by atoms with van der Waals surface area (Å²) in [5.74, 6) is -0.812. The third-order valence-electron chi connectivity index (χ3n) is 3.94. The number of ketones is 1. The monoisotopic (exact) mass is 472 g/mol. The molecule has 0 saturated carbocycles. The molecule has 0 radical (unpaired) electrons. The lowest BCUT2D eigenvalue weighted by atomic mass is 10.0. The number of methoxy groups -OCH3 is 1. The Kier molecular flexibility index (Phi) is 7.22. The fraction of sp³-hybridized carbons (Fsp3) is 0.368. The summed E-state index contributed by atoms with van der Waals surface area (Å²) in [6.07, 6.45) is 4.45. The summed E-state index contributed by atoms with van der Waals surface area (Å²) < 4.78 is 10.9. The molecule has 0 spiro atoms. The Morgan fingerprint density at radius 1 is 1.31 bits per heavy atom. The first kappa shape index (κ1) is 20.4. The predicted molar refractivity (Wildman–Crippen MR) is 106 cm³/mol. The van der Waals surface area contributed by atoms with Crippen LogP contribution in [0.3, 0.4) is 0 Å². The third kappa shape index (κ3) is 5.07. The standard InChI is InChI=1S/C19H21IO6/c1-11-7-8-14(20)18(23)15(21)6-4-3-5-12-9-13(25-2)10-16(22)17(12)19(24)26-11/h3,5,8-11,15,21-22H,4,6-7H2,1-2H3/b5-3+,14-8+/t11-,15+/m0/s1. The van der Waals surface area contributed by atoms with Crippen LogP contribution in [0.1, 0.15) is 42.1 Å². The Balaban J connectivity index is 2.43. The van der Waals surface area contributed by atoms with Crippen molar-refractivity contribution in [2.24, 2.45) is 0 Å². The van der Waals surface area contributed by atoms with Gasteiger partial charge in [0.25, 0.3) is 0 Å². The van der Waals surface area contributed by atoms with Gasteiger partial charge in [0, 0.05) is 12.5 Å². The molecule has 1 aliphatic rings.